The number of hydrogen-bond donors (Lipinski definition) is 0. The molecule has 98 valence electrons. The zero-order valence-corrected chi connectivity index (χ0v) is 11.6. The highest BCUT2D eigenvalue weighted by Crippen LogP contribution is 2.36. The molecule has 0 saturated heterocycles. The molecule has 20 heavy (non-hydrogen) atoms. The second kappa shape index (κ2) is 6.51. The van der Waals surface area contributed by atoms with E-state index in [0.29, 0.717) is 16.2 Å². The van der Waals surface area contributed by atoms with Crippen LogP contribution in [0, 0.1) is 22.7 Å². The number of oxime groups is 1. The van der Waals surface area contributed by atoms with E-state index in [2.05, 4.69) is 22.1 Å². The molecular formula is C15H11N3OS. The summed E-state index contributed by atoms with van der Waals surface area (Å²) in [6, 6.07) is 13.9. The van der Waals surface area contributed by atoms with Gasteiger partial charge in [0.05, 0.1) is 0 Å². The largest absolute Gasteiger partial charge is 0.399 e. The Morgan fingerprint density at radius 3 is 2.50 bits per heavy atom. The van der Waals surface area contributed by atoms with E-state index in [1.54, 1.807) is 6.21 Å². The molecule has 0 amide bonds. The quantitative estimate of drug-likeness (QED) is 0.637. The lowest BCUT2D eigenvalue weighted by Crippen LogP contribution is -1.92. The van der Waals surface area contributed by atoms with Crippen molar-refractivity contribution in [1.29, 1.82) is 10.5 Å². The molecule has 0 unspecified atom stereocenters. The molecule has 0 aliphatic carbocycles. The highest BCUT2D eigenvalue weighted by molar-refractivity contribution is 7.13. The minimum absolute atomic E-state index is 0.457. The average Bonchev–Trinajstić information content (AvgIpc) is 2.86. The fourth-order valence-electron chi connectivity index (χ4n) is 1.94. The van der Waals surface area contributed by atoms with E-state index < -0.39 is 0 Å². The average molecular weight is 281 g/mol. The molecule has 2 rings (SSSR count). The van der Waals surface area contributed by atoms with Crippen LogP contribution < -0.4 is 0 Å². The van der Waals surface area contributed by atoms with Crippen LogP contribution in [-0.2, 0) is 11.3 Å². The van der Waals surface area contributed by atoms with Gasteiger partial charge in [0, 0.05) is 18.2 Å². The van der Waals surface area contributed by atoms with Gasteiger partial charge in [0.15, 0.2) is 0 Å². The fraction of sp³-hybridized carbons (Fsp3) is 0.133. The number of rotatable bonds is 4. The molecule has 0 spiro atoms. The van der Waals surface area contributed by atoms with Gasteiger partial charge in [0.1, 0.15) is 29.0 Å². The normalized spacial score (nSPS) is 10.2. The van der Waals surface area contributed by atoms with E-state index in [1.165, 1.54) is 18.4 Å². The molecule has 1 aromatic heterocycles. The van der Waals surface area contributed by atoms with Gasteiger partial charge in [-0.2, -0.15) is 10.5 Å². The van der Waals surface area contributed by atoms with E-state index in [1.807, 2.05) is 30.3 Å². The highest BCUT2D eigenvalue weighted by Gasteiger charge is 2.18. The molecule has 5 heteroatoms. The van der Waals surface area contributed by atoms with Crippen molar-refractivity contribution in [1.82, 2.24) is 0 Å². The van der Waals surface area contributed by atoms with Crippen LogP contribution in [-0.4, -0.2) is 13.3 Å². The maximum atomic E-state index is 9.28. The lowest BCUT2D eigenvalue weighted by Gasteiger charge is -2.03. The summed E-state index contributed by atoms with van der Waals surface area (Å²) >= 11 is 1.21. The summed E-state index contributed by atoms with van der Waals surface area (Å²) in [5.74, 6) is 0. The zero-order valence-electron chi connectivity index (χ0n) is 10.8. The first-order valence-electron chi connectivity index (χ1n) is 5.88. The Morgan fingerprint density at radius 2 is 1.90 bits per heavy atom. The molecule has 0 fully saturated rings. The maximum Gasteiger partial charge on any atom is 0.114 e. The molecule has 0 aliphatic heterocycles. The van der Waals surface area contributed by atoms with Crippen molar-refractivity contribution in [2.24, 2.45) is 5.16 Å². The summed E-state index contributed by atoms with van der Waals surface area (Å²) < 4.78 is 0. The Kier molecular flexibility index (Phi) is 4.49. The van der Waals surface area contributed by atoms with Crippen LogP contribution in [0.15, 0.2) is 35.5 Å². The van der Waals surface area contributed by atoms with Crippen LogP contribution in [0.5, 0.6) is 0 Å². The lowest BCUT2D eigenvalue weighted by atomic mass is 9.99. The van der Waals surface area contributed by atoms with Crippen LogP contribution in [0.3, 0.4) is 0 Å². The van der Waals surface area contributed by atoms with Crippen molar-refractivity contribution in [3.8, 4) is 23.3 Å². The van der Waals surface area contributed by atoms with Gasteiger partial charge >= 0.3 is 0 Å². The Labute approximate surface area is 121 Å². The van der Waals surface area contributed by atoms with E-state index in [-0.39, 0.29) is 0 Å². The first-order valence-corrected chi connectivity index (χ1v) is 6.69. The number of nitriles is 2. The van der Waals surface area contributed by atoms with Gasteiger partial charge in [-0.1, -0.05) is 35.5 Å². The smallest absolute Gasteiger partial charge is 0.114 e. The van der Waals surface area contributed by atoms with Crippen molar-refractivity contribution in [2.45, 2.75) is 6.42 Å². The van der Waals surface area contributed by atoms with Crippen molar-refractivity contribution < 1.29 is 4.84 Å². The Morgan fingerprint density at radius 1 is 1.20 bits per heavy atom. The Balaban J connectivity index is 2.59. The van der Waals surface area contributed by atoms with Crippen molar-refractivity contribution in [3.63, 3.8) is 0 Å². The fourth-order valence-corrected chi connectivity index (χ4v) is 2.89. The molecule has 0 aliphatic rings. The molecule has 1 heterocycles. The summed E-state index contributed by atoms with van der Waals surface area (Å²) in [5.41, 5.74) is 2.57. The predicted octanol–water partition coefficient (Wildman–Crippen LogP) is 3.33. The summed E-state index contributed by atoms with van der Waals surface area (Å²) in [5, 5.41) is 22.2. The maximum absolute atomic E-state index is 9.28. The zero-order chi connectivity index (χ0) is 14.4. The molecule has 0 atom stereocenters. The van der Waals surface area contributed by atoms with Gasteiger partial charge in [-0.15, -0.1) is 11.3 Å². The third-order valence-corrected chi connectivity index (χ3v) is 3.79. The minimum Gasteiger partial charge on any atom is -0.399 e. The topological polar surface area (TPSA) is 69.2 Å². The SMILES string of the molecule is CON=CCc1c(C#N)sc(C#N)c1-c1ccccc1. The van der Waals surface area contributed by atoms with Crippen molar-refractivity contribution >= 4 is 17.6 Å². The highest BCUT2D eigenvalue weighted by atomic mass is 32.1. The lowest BCUT2D eigenvalue weighted by molar-refractivity contribution is 0.215. The Hall–Kier alpha value is -2.63. The molecule has 1 aromatic carbocycles. The van der Waals surface area contributed by atoms with Crippen LogP contribution >= 0.6 is 11.3 Å². The standard InChI is InChI=1S/C15H11N3OS/c1-19-18-8-7-12-13(9-16)20-14(10-17)15(12)11-5-3-2-4-6-11/h2-6,8H,7H2,1H3. The minimum atomic E-state index is 0.457. The predicted molar refractivity (Wildman–Crippen MR) is 78.4 cm³/mol. The van der Waals surface area contributed by atoms with Crippen molar-refractivity contribution in [3.05, 3.63) is 45.6 Å². The molecule has 0 bridgehead atoms. The van der Waals surface area contributed by atoms with Gasteiger partial charge in [0.2, 0.25) is 0 Å². The Bertz CT molecular complexity index is 705. The monoisotopic (exact) mass is 281 g/mol. The van der Waals surface area contributed by atoms with Crippen molar-refractivity contribution in [2.75, 3.05) is 7.11 Å². The van der Waals surface area contributed by atoms with E-state index >= 15 is 0 Å². The van der Waals surface area contributed by atoms with Crippen LogP contribution in [0.25, 0.3) is 11.1 Å². The first-order chi connectivity index (χ1) is 9.81. The van der Waals surface area contributed by atoms with Crippen LogP contribution in [0.4, 0.5) is 0 Å². The second-order valence-electron chi connectivity index (χ2n) is 3.88. The molecule has 2 aromatic rings. The molecule has 0 N–H and O–H groups in total. The number of hydrogen-bond acceptors (Lipinski definition) is 5. The second-order valence-corrected chi connectivity index (χ2v) is 4.90. The van der Waals surface area contributed by atoms with Gasteiger partial charge in [0.25, 0.3) is 0 Å². The third-order valence-electron chi connectivity index (χ3n) is 2.75. The van der Waals surface area contributed by atoms with E-state index in [9.17, 15) is 10.5 Å². The van der Waals surface area contributed by atoms with Crippen LogP contribution in [0.1, 0.15) is 15.3 Å². The molecule has 0 radical (unpaired) electrons. The van der Waals surface area contributed by atoms with E-state index in [0.717, 1.165) is 16.7 Å². The summed E-state index contributed by atoms with van der Waals surface area (Å²) in [4.78, 5) is 5.73. The van der Waals surface area contributed by atoms with Crippen LogP contribution in [0.2, 0.25) is 0 Å². The summed E-state index contributed by atoms with van der Waals surface area (Å²) in [6.45, 7) is 0. The molecule has 4 nitrogen and oxygen atoms in total. The third kappa shape index (κ3) is 2.69. The number of nitrogens with zero attached hydrogens (tertiary/aromatic N) is 3. The summed E-state index contributed by atoms with van der Waals surface area (Å²) in [7, 11) is 1.47. The summed E-state index contributed by atoms with van der Waals surface area (Å²) in [6.07, 6.45) is 2.05. The van der Waals surface area contributed by atoms with Gasteiger partial charge in [-0.3, -0.25) is 0 Å². The van der Waals surface area contributed by atoms with Gasteiger partial charge in [-0.25, -0.2) is 0 Å². The number of thiophene rings is 1. The first kappa shape index (κ1) is 13.8. The molecular weight excluding hydrogens is 270 g/mol. The van der Waals surface area contributed by atoms with Gasteiger partial charge in [-0.05, 0) is 11.1 Å². The number of benzene rings is 1. The molecule has 0 saturated carbocycles. The van der Waals surface area contributed by atoms with E-state index in [4.69, 9.17) is 0 Å². The van der Waals surface area contributed by atoms with Gasteiger partial charge < -0.3 is 4.84 Å².